The molecule has 0 aromatic heterocycles. The Bertz CT molecular complexity index is 511. The first-order valence-electron chi connectivity index (χ1n) is 5.90. The number of rotatable bonds is 3. The Balaban J connectivity index is 2.05. The summed E-state index contributed by atoms with van der Waals surface area (Å²) in [6.45, 7) is 1.53. The zero-order valence-corrected chi connectivity index (χ0v) is 11.1. The second-order valence-electron chi connectivity index (χ2n) is 4.33. The number of imide groups is 1. The largest absolute Gasteiger partial charge is 0.324 e. The number of anilines is 1. The number of carbonyl (C=O) groups excluding carboxylic acids is 3. The number of benzene rings is 1. The molecule has 0 spiro atoms. The molecule has 100 valence electrons. The monoisotopic (exact) mass is 280 g/mol. The molecule has 1 saturated heterocycles. The van der Waals surface area contributed by atoms with Gasteiger partial charge in [-0.25, -0.2) is 0 Å². The predicted molar refractivity (Wildman–Crippen MR) is 70.6 cm³/mol. The van der Waals surface area contributed by atoms with Crippen LogP contribution in [0.1, 0.15) is 19.8 Å². The van der Waals surface area contributed by atoms with Crippen molar-refractivity contribution in [2.75, 3.05) is 5.32 Å². The van der Waals surface area contributed by atoms with Gasteiger partial charge < -0.3 is 5.32 Å². The summed E-state index contributed by atoms with van der Waals surface area (Å²) in [7, 11) is 0. The fraction of sp³-hybridized carbons (Fsp3) is 0.308. The summed E-state index contributed by atoms with van der Waals surface area (Å²) in [6, 6.07) is 5.79. The van der Waals surface area contributed by atoms with Gasteiger partial charge in [0.1, 0.15) is 6.04 Å². The number of hydrogen-bond donors (Lipinski definition) is 1. The molecule has 0 unspecified atom stereocenters. The lowest BCUT2D eigenvalue weighted by Gasteiger charge is -2.21. The number of nitrogens with zero attached hydrogens (tertiary/aromatic N) is 1. The molecule has 1 N–H and O–H groups in total. The molecule has 0 saturated carbocycles. The van der Waals surface area contributed by atoms with Crippen molar-refractivity contribution in [2.45, 2.75) is 25.8 Å². The second kappa shape index (κ2) is 5.40. The first-order chi connectivity index (χ1) is 8.99. The Labute approximate surface area is 115 Å². The van der Waals surface area contributed by atoms with E-state index < -0.39 is 11.9 Å². The number of likely N-dealkylation sites (tertiary alicyclic amines) is 1. The Kier molecular flexibility index (Phi) is 3.85. The van der Waals surface area contributed by atoms with Crippen LogP contribution in [0.25, 0.3) is 0 Å². The summed E-state index contributed by atoms with van der Waals surface area (Å²) in [5.74, 6) is -1.00. The topological polar surface area (TPSA) is 66.5 Å². The third-order valence-corrected chi connectivity index (χ3v) is 3.22. The molecule has 0 radical (unpaired) electrons. The van der Waals surface area contributed by atoms with Gasteiger partial charge in [0.15, 0.2) is 0 Å². The van der Waals surface area contributed by atoms with E-state index in [0.717, 1.165) is 4.90 Å². The van der Waals surface area contributed by atoms with Crippen molar-refractivity contribution >= 4 is 35.0 Å². The van der Waals surface area contributed by atoms with E-state index in [1.807, 2.05) is 0 Å². The van der Waals surface area contributed by atoms with Crippen LogP contribution in [0.4, 0.5) is 5.69 Å². The van der Waals surface area contributed by atoms with E-state index >= 15 is 0 Å². The van der Waals surface area contributed by atoms with Crippen molar-refractivity contribution < 1.29 is 14.4 Å². The zero-order valence-electron chi connectivity index (χ0n) is 10.4. The molecule has 0 bridgehead atoms. The molecule has 1 aliphatic rings. The third-order valence-electron chi connectivity index (χ3n) is 2.97. The van der Waals surface area contributed by atoms with Gasteiger partial charge in [0.25, 0.3) is 0 Å². The SMILES string of the molecule is C[C@@H](C(=O)Nc1ccc(Cl)cc1)N1C(=O)CCC1=O. The summed E-state index contributed by atoms with van der Waals surface area (Å²) < 4.78 is 0. The average molecular weight is 281 g/mol. The number of nitrogens with one attached hydrogen (secondary N) is 1. The fourth-order valence-electron chi connectivity index (χ4n) is 1.92. The average Bonchev–Trinajstić information content (AvgIpc) is 2.71. The summed E-state index contributed by atoms with van der Waals surface area (Å²) >= 11 is 5.74. The van der Waals surface area contributed by atoms with Gasteiger partial charge in [-0.3, -0.25) is 19.3 Å². The van der Waals surface area contributed by atoms with E-state index in [1.54, 1.807) is 24.3 Å². The smallest absolute Gasteiger partial charge is 0.247 e. The Morgan fingerprint density at radius 1 is 1.21 bits per heavy atom. The lowest BCUT2D eigenvalue weighted by atomic mass is 10.2. The van der Waals surface area contributed by atoms with Crippen LogP contribution in [0.5, 0.6) is 0 Å². The van der Waals surface area contributed by atoms with Crippen LogP contribution < -0.4 is 5.32 Å². The molecule has 1 fully saturated rings. The maximum atomic E-state index is 12.0. The lowest BCUT2D eigenvalue weighted by Crippen LogP contribution is -2.44. The van der Waals surface area contributed by atoms with Gasteiger partial charge >= 0.3 is 0 Å². The van der Waals surface area contributed by atoms with Crippen LogP contribution in [-0.4, -0.2) is 28.7 Å². The molecule has 1 aromatic carbocycles. The van der Waals surface area contributed by atoms with E-state index in [2.05, 4.69) is 5.32 Å². The van der Waals surface area contributed by atoms with Crippen molar-refractivity contribution in [3.8, 4) is 0 Å². The van der Waals surface area contributed by atoms with Crippen molar-refractivity contribution in [3.05, 3.63) is 29.3 Å². The van der Waals surface area contributed by atoms with E-state index in [4.69, 9.17) is 11.6 Å². The van der Waals surface area contributed by atoms with Gasteiger partial charge in [0.05, 0.1) is 0 Å². The number of halogens is 1. The Morgan fingerprint density at radius 2 is 1.74 bits per heavy atom. The fourth-order valence-corrected chi connectivity index (χ4v) is 2.05. The molecule has 5 nitrogen and oxygen atoms in total. The van der Waals surface area contributed by atoms with Crippen LogP contribution in [0.15, 0.2) is 24.3 Å². The Morgan fingerprint density at radius 3 is 2.26 bits per heavy atom. The van der Waals surface area contributed by atoms with Crippen molar-refractivity contribution in [2.24, 2.45) is 0 Å². The molecule has 1 aliphatic heterocycles. The molecular formula is C13H13ClN2O3. The van der Waals surface area contributed by atoms with Crippen molar-refractivity contribution in [3.63, 3.8) is 0 Å². The Hall–Kier alpha value is -1.88. The minimum atomic E-state index is -0.807. The number of hydrogen-bond acceptors (Lipinski definition) is 3. The number of amides is 3. The highest BCUT2D eigenvalue weighted by Crippen LogP contribution is 2.18. The normalized spacial score (nSPS) is 16.6. The van der Waals surface area contributed by atoms with Crippen LogP contribution in [-0.2, 0) is 14.4 Å². The molecule has 0 aliphatic carbocycles. The van der Waals surface area contributed by atoms with Gasteiger partial charge in [-0.05, 0) is 31.2 Å². The molecule has 1 aromatic rings. The molecule has 6 heteroatoms. The second-order valence-corrected chi connectivity index (χ2v) is 4.77. The predicted octanol–water partition coefficient (Wildman–Crippen LogP) is 1.82. The highest BCUT2D eigenvalue weighted by Gasteiger charge is 2.36. The quantitative estimate of drug-likeness (QED) is 0.859. The van der Waals surface area contributed by atoms with Gasteiger partial charge in [0, 0.05) is 23.6 Å². The summed E-state index contributed by atoms with van der Waals surface area (Å²) in [4.78, 5) is 36.1. The van der Waals surface area contributed by atoms with Crippen molar-refractivity contribution in [1.82, 2.24) is 4.90 Å². The highest BCUT2D eigenvalue weighted by molar-refractivity contribution is 6.30. The molecule has 19 heavy (non-hydrogen) atoms. The van der Waals surface area contributed by atoms with E-state index in [0.29, 0.717) is 10.7 Å². The van der Waals surface area contributed by atoms with Gasteiger partial charge in [-0.2, -0.15) is 0 Å². The molecular weight excluding hydrogens is 268 g/mol. The van der Waals surface area contributed by atoms with Crippen molar-refractivity contribution in [1.29, 1.82) is 0 Å². The first kappa shape index (κ1) is 13.5. The lowest BCUT2D eigenvalue weighted by molar-refractivity contribution is -0.144. The first-order valence-corrected chi connectivity index (χ1v) is 6.28. The zero-order chi connectivity index (χ0) is 14.0. The molecule has 3 amide bonds. The molecule has 1 heterocycles. The van der Waals surface area contributed by atoms with E-state index in [1.165, 1.54) is 6.92 Å². The van der Waals surface area contributed by atoms with Crippen LogP contribution in [0.2, 0.25) is 5.02 Å². The highest BCUT2D eigenvalue weighted by atomic mass is 35.5. The molecule has 2 rings (SSSR count). The van der Waals surface area contributed by atoms with E-state index in [-0.39, 0.29) is 24.7 Å². The minimum Gasteiger partial charge on any atom is -0.324 e. The maximum Gasteiger partial charge on any atom is 0.247 e. The van der Waals surface area contributed by atoms with Crippen LogP contribution in [0, 0.1) is 0 Å². The summed E-state index contributed by atoms with van der Waals surface area (Å²) in [5, 5.41) is 3.21. The maximum absolute atomic E-state index is 12.0. The number of carbonyl (C=O) groups is 3. The van der Waals surface area contributed by atoms with Gasteiger partial charge in [0.2, 0.25) is 17.7 Å². The van der Waals surface area contributed by atoms with E-state index in [9.17, 15) is 14.4 Å². The third kappa shape index (κ3) is 2.93. The van der Waals surface area contributed by atoms with Crippen LogP contribution >= 0.6 is 11.6 Å². The van der Waals surface area contributed by atoms with Gasteiger partial charge in [-0.15, -0.1) is 0 Å². The molecule has 1 atom stereocenters. The summed E-state index contributed by atoms with van der Waals surface area (Å²) in [6.07, 6.45) is 0.356. The van der Waals surface area contributed by atoms with Gasteiger partial charge in [-0.1, -0.05) is 11.6 Å². The standard InChI is InChI=1S/C13H13ClN2O3/c1-8(16-11(17)6-7-12(16)18)13(19)15-10-4-2-9(14)3-5-10/h2-5,8H,6-7H2,1H3,(H,15,19)/t8-/m0/s1. The van der Waals surface area contributed by atoms with Crippen LogP contribution in [0.3, 0.4) is 0 Å². The minimum absolute atomic E-state index is 0.178. The summed E-state index contributed by atoms with van der Waals surface area (Å²) in [5.41, 5.74) is 0.570.